The molecule has 2 atom stereocenters. The third-order valence-corrected chi connectivity index (χ3v) is 6.30. The Bertz CT molecular complexity index is 813. The van der Waals surface area contributed by atoms with Crippen LogP contribution in [0.4, 0.5) is 0 Å². The van der Waals surface area contributed by atoms with E-state index in [1.54, 1.807) is 19.4 Å². The van der Waals surface area contributed by atoms with E-state index in [0.29, 0.717) is 5.92 Å². The third-order valence-electron chi connectivity index (χ3n) is 4.83. The summed E-state index contributed by atoms with van der Waals surface area (Å²) in [6.45, 7) is 5.77. The Labute approximate surface area is 176 Å². The van der Waals surface area contributed by atoms with E-state index in [-0.39, 0.29) is 11.6 Å². The lowest BCUT2D eigenvalue weighted by molar-refractivity contribution is 0.253. The molecule has 0 amide bonds. The van der Waals surface area contributed by atoms with Gasteiger partial charge in [0.05, 0.1) is 12.0 Å². The molecule has 1 N–H and O–H groups in total. The lowest BCUT2D eigenvalue weighted by atomic mass is 10.0. The van der Waals surface area contributed by atoms with Gasteiger partial charge in [0, 0.05) is 31.4 Å². The molecule has 29 heavy (non-hydrogen) atoms. The number of pyridine rings is 1. The average molecular weight is 420 g/mol. The van der Waals surface area contributed by atoms with Gasteiger partial charge in [-0.2, -0.15) is 0 Å². The van der Waals surface area contributed by atoms with Gasteiger partial charge in [-0.05, 0) is 62.7 Å². The number of hydrogen-bond acceptors (Lipinski definition) is 4. The van der Waals surface area contributed by atoms with Gasteiger partial charge in [-0.25, -0.2) is 8.51 Å². The van der Waals surface area contributed by atoms with Gasteiger partial charge in [0.1, 0.15) is 16.7 Å². The summed E-state index contributed by atoms with van der Waals surface area (Å²) in [7, 11) is 4.52. The van der Waals surface area contributed by atoms with Gasteiger partial charge in [0.2, 0.25) is 5.56 Å². The molecular weight excluding hydrogens is 386 g/mol. The molecule has 0 aliphatic carbocycles. The minimum absolute atomic E-state index is 0.0897. The monoisotopic (exact) mass is 419 g/mol. The molecule has 160 valence electrons. The van der Waals surface area contributed by atoms with Crippen molar-refractivity contribution >= 4 is 11.0 Å². The van der Waals surface area contributed by atoms with Crippen molar-refractivity contribution < 1.29 is 8.95 Å². The van der Waals surface area contributed by atoms with Crippen molar-refractivity contribution in [2.75, 3.05) is 34.3 Å². The summed E-state index contributed by atoms with van der Waals surface area (Å²) < 4.78 is 20.5. The van der Waals surface area contributed by atoms with E-state index in [9.17, 15) is 9.00 Å². The second-order valence-electron chi connectivity index (χ2n) is 7.88. The summed E-state index contributed by atoms with van der Waals surface area (Å²) in [6, 6.07) is 11.1. The van der Waals surface area contributed by atoms with Crippen LogP contribution >= 0.6 is 0 Å². The lowest BCUT2D eigenvalue weighted by Crippen LogP contribution is -2.37. The van der Waals surface area contributed by atoms with Crippen molar-refractivity contribution in [1.29, 1.82) is 0 Å². The molecule has 1 aromatic carbocycles. The Morgan fingerprint density at radius 3 is 2.31 bits per heavy atom. The Morgan fingerprint density at radius 1 is 1.10 bits per heavy atom. The number of aromatic amines is 1. The first-order valence-corrected chi connectivity index (χ1v) is 11.1. The molecule has 2 rings (SSSR count). The predicted molar refractivity (Wildman–Crippen MR) is 119 cm³/mol. The van der Waals surface area contributed by atoms with Crippen molar-refractivity contribution in [3.63, 3.8) is 0 Å². The van der Waals surface area contributed by atoms with E-state index in [4.69, 9.17) is 4.74 Å². The van der Waals surface area contributed by atoms with E-state index in [1.807, 2.05) is 30.3 Å². The van der Waals surface area contributed by atoms with Gasteiger partial charge >= 0.3 is 0 Å². The minimum atomic E-state index is -1.22. The number of nitrogens with zero attached hydrogens (tertiary/aromatic N) is 2. The largest absolute Gasteiger partial charge is 0.497 e. The average Bonchev–Trinajstić information content (AvgIpc) is 2.70. The molecule has 0 aliphatic heterocycles. The quantitative estimate of drug-likeness (QED) is 0.608. The fourth-order valence-electron chi connectivity index (χ4n) is 3.17. The maximum atomic E-state index is 13.2. The minimum Gasteiger partial charge on any atom is -0.497 e. The lowest BCUT2D eigenvalue weighted by Gasteiger charge is -2.29. The summed E-state index contributed by atoms with van der Waals surface area (Å²) >= 11 is 0. The molecule has 1 heterocycles. The molecule has 0 bridgehead atoms. The van der Waals surface area contributed by atoms with Crippen LogP contribution in [0, 0.1) is 5.92 Å². The van der Waals surface area contributed by atoms with Crippen molar-refractivity contribution in [1.82, 2.24) is 14.2 Å². The van der Waals surface area contributed by atoms with Gasteiger partial charge in [0.15, 0.2) is 0 Å². The van der Waals surface area contributed by atoms with Crippen LogP contribution in [0.15, 0.2) is 52.3 Å². The molecule has 7 heteroatoms. The standard InChI is InChI=1S/C22H33N3O3S/c1-17(2)16-25(29(27)21-9-7-20(28-5)8-10-21)13-12-19(24(3)4)14-18-6-11-22(26)23-15-18/h6-11,15,17,19H,12-14,16H2,1-5H3,(H,23,26)/t19-,29?/m1/s1. The molecule has 1 aromatic heterocycles. The van der Waals surface area contributed by atoms with Crippen molar-refractivity contribution in [2.45, 2.75) is 37.6 Å². The van der Waals surface area contributed by atoms with E-state index >= 15 is 0 Å². The second-order valence-corrected chi connectivity index (χ2v) is 9.36. The smallest absolute Gasteiger partial charge is 0.247 e. The number of ether oxygens (including phenoxy) is 1. The highest BCUT2D eigenvalue weighted by Gasteiger charge is 2.20. The van der Waals surface area contributed by atoms with Gasteiger partial charge in [-0.15, -0.1) is 0 Å². The van der Waals surface area contributed by atoms with Crippen LogP contribution in [0.5, 0.6) is 5.75 Å². The van der Waals surface area contributed by atoms with Crippen LogP contribution in [-0.2, 0) is 17.4 Å². The number of rotatable bonds is 11. The highest BCUT2D eigenvalue weighted by molar-refractivity contribution is 7.82. The van der Waals surface area contributed by atoms with Crippen molar-refractivity contribution in [2.24, 2.45) is 5.92 Å². The van der Waals surface area contributed by atoms with Crippen LogP contribution in [0.25, 0.3) is 0 Å². The molecule has 0 fully saturated rings. The third kappa shape index (κ3) is 7.42. The number of hydrogen-bond donors (Lipinski definition) is 1. The number of nitrogens with one attached hydrogen (secondary N) is 1. The highest BCUT2D eigenvalue weighted by atomic mass is 32.2. The highest BCUT2D eigenvalue weighted by Crippen LogP contribution is 2.19. The second kappa shape index (κ2) is 11.3. The summed E-state index contributed by atoms with van der Waals surface area (Å²) in [6.07, 6.45) is 3.48. The summed E-state index contributed by atoms with van der Waals surface area (Å²) in [4.78, 5) is 17.0. The van der Waals surface area contributed by atoms with Gasteiger partial charge < -0.3 is 14.6 Å². The molecule has 0 aliphatic rings. The summed E-state index contributed by atoms with van der Waals surface area (Å²) in [5.41, 5.74) is 1.00. The van der Waals surface area contributed by atoms with Crippen LogP contribution in [0.2, 0.25) is 0 Å². The number of benzene rings is 1. The molecule has 6 nitrogen and oxygen atoms in total. The van der Waals surface area contributed by atoms with Crippen molar-refractivity contribution in [3.05, 3.63) is 58.5 Å². The Hall–Kier alpha value is -1.96. The first-order chi connectivity index (χ1) is 13.8. The Morgan fingerprint density at radius 2 is 1.79 bits per heavy atom. The topological polar surface area (TPSA) is 65.6 Å². The van der Waals surface area contributed by atoms with Crippen LogP contribution < -0.4 is 10.3 Å². The fraction of sp³-hybridized carbons (Fsp3) is 0.500. The number of methoxy groups -OCH3 is 1. The molecule has 0 saturated carbocycles. The van der Waals surface area contributed by atoms with Crippen LogP contribution in [0.3, 0.4) is 0 Å². The Balaban J connectivity index is 2.09. The molecular formula is C22H33N3O3S. The number of likely N-dealkylation sites (N-methyl/N-ethyl adjacent to an activating group) is 1. The molecule has 1 unspecified atom stereocenters. The van der Waals surface area contributed by atoms with E-state index in [2.05, 4.69) is 42.1 Å². The molecule has 2 aromatic rings. The first-order valence-electron chi connectivity index (χ1n) is 9.95. The zero-order valence-corrected chi connectivity index (χ0v) is 18.9. The normalized spacial score (nSPS) is 13.8. The maximum Gasteiger partial charge on any atom is 0.247 e. The zero-order valence-electron chi connectivity index (χ0n) is 18.1. The fourth-order valence-corrected chi connectivity index (χ4v) is 4.54. The van der Waals surface area contributed by atoms with E-state index in [0.717, 1.165) is 42.1 Å². The molecule has 0 spiro atoms. The SMILES string of the molecule is COc1ccc(S(=O)N(CC[C@H](Cc2ccc(=O)[nH]c2)N(C)C)CC(C)C)cc1. The predicted octanol–water partition coefficient (Wildman–Crippen LogP) is 2.93. The van der Waals surface area contributed by atoms with E-state index < -0.39 is 11.0 Å². The first kappa shape index (κ1) is 23.3. The van der Waals surface area contributed by atoms with Gasteiger partial charge in [-0.1, -0.05) is 19.9 Å². The van der Waals surface area contributed by atoms with Gasteiger partial charge in [0.25, 0.3) is 0 Å². The van der Waals surface area contributed by atoms with Crippen molar-refractivity contribution in [3.8, 4) is 5.75 Å². The van der Waals surface area contributed by atoms with Crippen LogP contribution in [-0.4, -0.2) is 58.7 Å². The van der Waals surface area contributed by atoms with Crippen LogP contribution in [0.1, 0.15) is 25.8 Å². The molecule has 0 saturated heterocycles. The summed E-state index contributed by atoms with van der Waals surface area (Å²) in [5, 5.41) is 0. The zero-order chi connectivity index (χ0) is 21.4. The maximum absolute atomic E-state index is 13.2. The summed E-state index contributed by atoms with van der Waals surface area (Å²) in [5.74, 6) is 1.17. The van der Waals surface area contributed by atoms with E-state index in [1.165, 1.54) is 0 Å². The number of aromatic nitrogens is 1. The Kier molecular flexibility index (Phi) is 9.07. The molecule has 0 radical (unpaired) electrons. The van der Waals surface area contributed by atoms with Gasteiger partial charge in [-0.3, -0.25) is 4.79 Å². The number of H-pyrrole nitrogens is 1.